The number of hydrogen-bond acceptors (Lipinski definition) is 0. The normalized spacial score (nSPS) is 34.4. The van der Waals surface area contributed by atoms with Crippen molar-refractivity contribution in [2.24, 2.45) is 23.7 Å². The number of halogens is 1. The van der Waals surface area contributed by atoms with Crippen molar-refractivity contribution in [2.45, 2.75) is 90.4 Å². The number of rotatable bonds is 7. The van der Waals surface area contributed by atoms with Gasteiger partial charge >= 0.3 is 0 Å². The first-order chi connectivity index (χ1) is 10.3. The summed E-state index contributed by atoms with van der Waals surface area (Å²) < 4.78 is 12.1. The van der Waals surface area contributed by atoms with E-state index in [1.54, 1.807) is 6.08 Å². The highest BCUT2D eigenvalue weighted by atomic mass is 19.1. The molecule has 2 saturated carbocycles. The summed E-state index contributed by atoms with van der Waals surface area (Å²) in [5.41, 5.74) is 0. The van der Waals surface area contributed by atoms with Gasteiger partial charge in [0, 0.05) is 0 Å². The zero-order chi connectivity index (χ0) is 14.9. The van der Waals surface area contributed by atoms with Crippen molar-refractivity contribution in [3.05, 3.63) is 12.4 Å². The third-order valence-electron chi connectivity index (χ3n) is 6.22. The number of unbranched alkanes of at least 4 members (excludes halogenated alkanes) is 2. The first-order valence-corrected chi connectivity index (χ1v) is 9.58. The van der Waals surface area contributed by atoms with Gasteiger partial charge in [0.1, 0.15) is 0 Å². The Kier molecular flexibility index (Phi) is 7.82. The average molecular weight is 294 g/mol. The van der Waals surface area contributed by atoms with Crippen molar-refractivity contribution in [3.8, 4) is 0 Å². The van der Waals surface area contributed by atoms with E-state index >= 15 is 0 Å². The van der Waals surface area contributed by atoms with Gasteiger partial charge in [-0.05, 0) is 68.6 Å². The number of allylic oxidation sites excluding steroid dienone is 1. The predicted octanol–water partition coefficient (Wildman–Crippen LogP) is 7.05. The smallest absolute Gasteiger partial charge is 0.0827 e. The van der Waals surface area contributed by atoms with Gasteiger partial charge in [-0.25, -0.2) is 4.39 Å². The first kappa shape index (κ1) is 17.0. The molecule has 0 N–H and O–H groups in total. The molecule has 0 aromatic heterocycles. The Morgan fingerprint density at radius 1 is 0.810 bits per heavy atom. The molecule has 0 aromatic rings. The molecule has 2 rings (SSSR count). The predicted molar refractivity (Wildman–Crippen MR) is 89.9 cm³/mol. The molecule has 0 radical (unpaired) electrons. The van der Waals surface area contributed by atoms with Gasteiger partial charge in [-0.15, -0.1) is 0 Å². The molecule has 0 atom stereocenters. The van der Waals surface area contributed by atoms with E-state index in [0.29, 0.717) is 0 Å². The van der Waals surface area contributed by atoms with Gasteiger partial charge in [0.2, 0.25) is 0 Å². The van der Waals surface area contributed by atoms with Gasteiger partial charge < -0.3 is 0 Å². The second-order valence-corrected chi connectivity index (χ2v) is 7.65. The van der Waals surface area contributed by atoms with Gasteiger partial charge in [-0.3, -0.25) is 0 Å². The molecule has 2 aliphatic carbocycles. The minimum atomic E-state index is 0.728. The molecule has 2 fully saturated rings. The molecule has 122 valence electrons. The Hall–Kier alpha value is -0.330. The third-order valence-corrected chi connectivity index (χ3v) is 6.22. The maximum atomic E-state index is 12.1. The fourth-order valence-corrected chi connectivity index (χ4v) is 4.77. The van der Waals surface area contributed by atoms with Crippen LogP contribution in [0.5, 0.6) is 0 Å². The van der Waals surface area contributed by atoms with Crippen molar-refractivity contribution in [3.63, 3.8) is 0 Å². The molecule has 0 amide bonds. The van der Waals surface area contributed by atoms with E-state index in [0.717, 1.165) is 36.4 Å². The molecule has 0 saturated heterocycles. The molecular weight excluding hydrogens is 259 g/mol. The van der Waals surface area contributed by atoms with Crippen LogP contribution in [0.15, 0.2) is 12.4 Å². The minimum absolute atomic E-state index is 0.728. The summed E-state index contributed by atoms with van der Waals surface area (Å²) in [6.45, 7) is 2.30. The monoisotopic (exact) mass is 294 g/mol. The lowest BCUT2D eigenvalue weighted by Gasteiger charge is -2.37. The highest BCUT2D eigenvalue weighted by Gasteiger charge is 2.30. The van der Waals surface area contributed by atoms with Crippen LogP contribution in [0.3, 0.4) is 0 Å². The zero-order valence-corrected chi connectivity index (χ0v) is 14.0. The molecule has 2 aliphatic rings. The highest BCUT2D eigenvalue weighted by Crippen LogP contribution is 2.42. The fourth-order valence-electron chi connectivity index (χ4n) is 4.77. The summed E-state index contributed by atoms with van der Waals surface area (Å²) in [6.07, 6.45) is 20.6. The molecule has 0 unspecified atom stereocenters. The Morgan fingerprint density at radius 2 is 1.38 bits per heavy atom. The second kappa shape index (κ2) is 9.64. The second-order valence-electron chi connectivity index (χ2n) is 7.65. The molecule has 0 aromatic carbocycles. The largest absolute Gasteiger partial charge is 0.216 e. The lowest BCUT2D eigenvalue weighted by molar-refractivity contribution is 0.143. The minimum Gasteiger partial charge on any atom is -0.216 e. The van der Waals surface area contributed by atoms with Crippen LogP contribution >= 0.6 is 0 Å². The fraction of sp³-hybridized carbons (Fsp3) is 0.900. The van der Waals surface area contributed by atoms with E-state index in [2.05, 4.69) is 6.92 Å². The van der Waals surface area contributed by atoms with E-state index in [1.165, 1.54) is 77.0 Å². The summed E-state index contributed by atoms with van der Waals surface area (Å²) in [7, 11) is 0. The van der Waals surface area contributed by atoms with Gasteiger partial charge in [-0.2, -0.15) is 0 Å². The molecule has 0 heterocycles. The number of hydrogen-bond donors (Lipinski definition) is 0. The van der Waals surface area contributed by atoms with Crippen molar-refractivity contribution < 1.29 is 4.39 Å². The highest BCUT2D eigenvalue weighted by molar-refractivity contribution is 4.85. The summed E-state index contributed by atoms with van der Waals surface area (Å²) >= 11 is 0. The summed E-state index contributed by atoms with van der Waals surface area (Å²) in [4.78, 5) is 0. The van der Waals surface area contributed by atoms with Crippen molar-refractivity contribution in [2.75, 3.05) is 0 Å². The maximum Gasteiger partial charge on any atom is 0.0827 e. The van der Waals surface area contributed by atoms with Crippen molar-refractivity contribution in [1.82, 2.24) is 0 Å². The van der Waals surface area contributed by atoms with Crippen LogP contribution in [0.2, 0.25) is 0 Å². The van der Waals surface area contributed by atoms with Crippen molar-refractivity contribution in [1.29, 1.82) is 0 Å². The quantitative estimate of drug-likeness (QED) is 0.441. The summed E-state index contributed by atoms with van der Waals surface area (Å²) in [6, 6.07) is 0. The van der Waals surface area contributed by atoms with Gasteiger partial charge in [0.25, 0.3) is 0 Å². The van der Waals surface area contributed by atoms with Gasteiger partial charge in [-0.1, -0.05) is 51.5 Å². The zero-order valence-electron chi connectivity index (χ0n) is 14.0. The third kappa shape index (κ3) is 5.75. The Labute approximate surface area is 131 Å². The van der Waals surface area contributed by atoms with Crippen LogP contribution in [-0.2, 0) is 0 Å². The molecule has 0 nitrogen and oxygen atoms in total. The van der Waals surface area contributed by atoms with E-state index in [4.69, 9.17) is 0 Å². The lowest BCUT2D eigenvalue weighted by atomic mass is 9.68. The standard InChI is InChI=1S/C20H35F/c1-2-3-4-6-17-8-12-19(13-9-17)20-14-10-18(11-15-20)7-5-16-21/h5,16-20H,2-4,6-15H2,1H3. The van der Waals surface area contributed by atoms with E-state index < -0.39 is 0 Å². The van der Waals surface area contributed by atoms with Crippen molar-refractivity contribution >= 4 is 0 Å². The molecule has 0 spiro atoms. The van der Waals surface area contributed by atoms with Gasteiger partial charge in [0.15, 0.2) is 0 Å². The van der Waals surface area contributed by atoms with E-state index in [1.807, 2.05) is 0 Å². The first-order valence-electron chi connectivity index (χ1n) is 9.58. The topological polar surface area (TPSA) is 0 Å². The van der Waals surface area contributed by atoms with Crippen LogP contribution in [0, 0.1) is 23.7 Å². The van der Waals surface area contributed by atoms with Crippen LogP contribution < -0.4 is 0 Å². The summed E-state index contributed by atoms with van der Waals surface area (Å²) in [5.74, 6) is 3.81. The Morgan fingerprint density at radius 3 is 1.90 bits per heavy atom. The SMILES string of the molecule is CCCCCC1CCC(C2CCC(CC=CF)CC2)CC1. The molecule has 21 heavy (non-hydrogen) atoms. The molecule has 0 bridgehead atoms. The maximum absolute atomic E-state index is 12.1. The van der Waals surface area contributed by atoms with Gasteiger partial charge in [0.05, 0.1) is 6.33 Å². The average Bonchev–Trinajstić information content (AvgIpc) is 2.54. The van der Waals surface area contributed by atoms with Crippen LogP contribution in [0.1, 0.15) is 90.4 Å². The Balaban J connectivity index is 1.62. The van der Waals surface area contributed by atoms with E-state index in [-0.39, 0.29) is 0 Å². The van der Waals surface area contributed by atoms with Crippen LogP contribution in [0.25, 0.3) is 0 Å². The van der Waals surface area contributed by atoms with E-state index in [9.17, 15) is 4.39 Å². The molecule has 0 aliphatic heterocycles. The van der Waals surface area contributed by atoms with Crippen LogP contribution in [0.4, 0.5) is 4.39 Å². The Bertz CT molecular complexity index is 280. The lowest BCUT2D eigenvalue weighted by Crippen LogP contribution is -2.25. The summed E-state index contributed by atoms with van der Waals surface area (Å²) in [5, 5.41) is 0. The molecular formula is C20H35F. The molecule has 1 heteroatoms. The van der Waals surface area contributed by atoms with Crippen LogP contribution in [-0.4, -0.2) is 0 Å².